The highest BCUT2D eigenvalue weighted by Gasteiger charge is 2.70. The second-order valence-electron chi connectivity index (χ2n) is 6.38. The molecule has 4 atom stereocenters. The molecule has 0 unspecified atom stereocenters. The Morgan fingerprint density at radius 1 is 1.24 bits per heavy atom. The number of fused-ring (bicyclic) bond motifs is 1. The summed E-state index contributed by atoms with van der Waals surface area (Å²) < 4.78 is 5.77. The van der Waals surface area contributed by atoms with Crippen molar-refractivity contribution in [1.82, 2.24) is 0 Å². The Morgan fingerprint density at radius 2 is 1.88 bits per heavy atom. The number of aliphatic hydroxyl groups excluding tert-OH is 1. The minimum absolute atomic E-state index is 0.126. The van der Waals surface area contributed by atoms with Crippen LogP contribution in [0, 0.1) is 0 Å². The van der Waals surface area contributed by atoms with Gasteiger partial charge in [0.05, 0.1) is 11.8 Å². The molecule has 1 aromatic carbocycles. The molecule has 0 saturated carbocycles. The first-order valence-corrected chi connectivity index (χ1v) is 8.64. The lowest BCUT2D eigenvalue weighted by Gasteiger charge is -2.41. The van der Waals surface area contributed by atoms with Crippen LogP contribution < -0.4 is 5.19 Å². The Kier molecular flexibility index (Phi) is 2.31. The molecule has 2 nitrogen and oxygen atoms in total. The predicted octanol–water partition coefficient (Wildman–Crippen LogP) is 1.82. The molecule has 0 aliphatic carbocycles. The van der Waals surface area contributed by atoms with E-state index in [-0.39, 0.29) is 17.2 Å². The van der Waals surface area contributed by atoms with Crippen LogP contribution in [0.1, 0.15) is 20.8 Å². The molecule has 17 heavy (non-hydrogen) atoms. The molecule has 2 aliphatic rings. The molecule has 3 heteroatoms. The maximum absolute atomic E-state index is 10.1. The van der Waals surface area contributed by atoms with E-state index in [1.54, 1.807) is 0 Å². The summed E-state index contributed by atoms with van der Waals surface area (Å²) in [6.07, 6.45) is -0.118. The fourth-order valence-electron chi connectivity index (χ4n) is 3.56. The van der Waals surface area contributed by atoms with Gasteiger partial charge in [0.1, 0.15) is 14.2 Å². The van der Waals surface area contributed by atoms with Gasteiger partial charge in [-0.05, 0) is 11.1 Å². The van der Waals surface area contributed by atoms with Crippen LogP contribution in [0.25, 0.3) is 0 Å². The SMILES string of the molecule is CC(C)(C)[Si@]1(c2ccccc2)C[C@@H](O)[C@H]2O[C@H]21. The molecule has 2 aliphatic heterocycles. The molecule has 2 heterocycles. The first-order valence-electron chi connectivity index (χ1n) is 6.36. The lowest BCUT2D eigenvalue weighted by atomic mass is 10.2. The first kappa shape index (κ1) is 11.4. The third-order valence-electron chi connectivity index (χ3n) is 4.55. The molecule has 0 bridgehead atoms. The Morgan fingerprint density at radius 3 is 2.29 bits per heavy atom. The summed E-state index contributed by atoms with van der Waals surface area (Å²) in [4.78, 5) is 0. The zero-order valence-corrected chi connectivity index (χ0v) is 11.7. The van der Waals surface area contributed by atoms with Gasteiger partial charge in [-0.1, -0.05) is 56.3 Å². The number of benzene rings is 1. The lowest BCUT2D eigenvalue weighted by Crippen LogP contribution is -2.58. The second kappa shape index (κ2) is 3.43. The summed E-state index contributed by atoms with van der Waals surface area (Å²) in [5.74, 6) is 0. The molecule has 2 fully saturated rings. The summed E-state index contributed by atoms with van der Waals surface area (Å²) in [5, 5.41) is 11.8. The first-order chi connectivity index (χ1) is 7.97. The van der Waals surface area contributed by atoms with Crippen molar-refractivity contribution in [2.75, 3.05) is 0 Å². The van der Waals surface area contributed by atoms with Gasteiger partial charge in [-0.3, -0.25) is 0 Å². The van der Waals surface area contributed by atoms with Gasteiger partial charge in [0.25, 0.3) is 0 Å². The highest BCUT2D eigenvalue weighted by molar-refractivity contribution is 6.96. The summed E-state index contributed by atoms with van der Waals surface area (Å²) in [6, 6.07) is 11.7. The van der Waals surface area contributed by atoms with Crippen LogP contribution >= 0.6 is 0 Å². The van der Waals surface area contributed by atoms with Crippen LogP contribution in [0.2, 0.25) is 11.1 Å². The third-order valence-corrected chi connectivity index (χ3v) is 11.1. The van der Waals surface area contributed by atoms with Gasteiger partial charge in [-0.15, -0.1) is 0 Å². The standard InChI is InChI=1S/C14H20O2Si/c1-14(2,3)17(10-7-5-4-6-8-10)9-11(15)12-13(17)16-12/h4-8,11-13,15H,9H2,1-3H3/t11-,12-,13+,17+/m1/s1. The van der Waals surface area contributed by atoms with Gasteiger partial charge < -0.3 is 9.84 Å². The summed E-state index contributed by atoms with van der Waals surface area (Å²) in [5.41, 5.74) is 0.333. The highest BCUT2D eigenvalue weighted by atomic mass is 28.3. The number of aliphatic hydroxyl groups is 1. The van der Waals surface area contributed by atoms with Gasteiger partial charge in [-0.25, -0.2) is 0 Å². The number of hydrogen-bond donors (Lipinski definition) is 1. The van der Waals surface area contributed by atoms with E-state index >= 15 is 0 Å². The number of epoxide rings is 1. The van der Waals surface area contributed by atoms with Gasteiger partial charge in [-0.2, -0.15) is 0 Å². The molecule has 1 aromatic rings. The molecule has 3 rings (SSSR count). The van der Waals surface area contributed by atoms with E-state index in [2.05, 4.69) is 51.1 Å². The lowest BCUT2D eigenvalue weighted by molar-refractivity contribution is 0.148. The topological polar surface area (TPSA) is 32.8 Å². The van der Waals surface area contributed by atoms with E-state index in [1.165, 1.54) is 5.19 Å². The van der Waals surface area contributed by atoms with Crippen LogP contribution in [0.4, 0.5) is 0 Å². The van der Waals surface area contributed by atoms with Crippen molar-refractivity contribution in [2.24, 2.45) is 0 Å². The molecular formula is C14H20O2Si. The summed E-state index contributed by atoms with van der Waals surface area (Å²) >= 11 is 0. The zero-order valence-electron chi connectivity index (χ0n) is 10.7. The van der Waals surface area contributed by atoms with Crippen LogP contribution in [0.15, 0.2) is 30.3 Å². The molecule has 0 radical (unpaired) electrons. The maximum atomic E-state index is 10.1. The monoisotopic (exact) mass is 248 g/mol. The van der Waals surface area contributed by atoms with Crippen molar-refractivity contribution in [3.8, 4) is 0 Å². The molecule has 2 saturated heterocycles. The fourth-order valence-corrected chi connectivity index (χ4v) is 9.54. The van der Waals surface area contributed by atoms with Crippen molar-refractivity contribution in [3.05, 3.63) is 30.3 Å². The molecule has 1 N–H and O–H groups in total. The Hall–Kier alpha value is -0.643. The molecule has 0 spiro atoms. The van der Waals surface area contributed by atoms with Crippen LogP contribution in [0.5, 0.6) is 0 Å². The number of ether oxygens (including phenoxy) is 1. The molecule has 92 valence electrons. The smallest absolute Gasteiger partial charge is 0.130 e. The molecule has 0 amide bonds. The van der Waals surface area contributed by atoms with Crippen molar-refractivity contribution < 1.29 is 9.84 Å². The Bertz CT molecular complexity index is 426. The highest BCUT2D eigenvalue weighted by Crippen LogP contribution is 2.55. The van der Waals surface area contributed by atoms with Gasteiger partial charge >= 0.3 is 0 Å². The normalized spacial score (nSPS) is 40.1. The number of hydrogen-bond acceptors (Lipinski definition) is 2. The van der Waals surface area contributed by atoms with Crippen LogP contribution in [0.3, 0.4) is 0 Å². The maximum Gasteiger partial charge on any atom is 0.130 e. The fraction of sp³-hybridized carbons (Fsp3) is 0.571. The van der Waals surface area contributed by atoms with E-state index < -0.39 is 8.07 Å². The summed E-state index contributed by atoms with van der Waals surface area (Å²) in [7, 11) is -1.77. The number of rotatable bonds is 1. The quantitative estimate of drug-likeness (QED) is 0.607. The van der Waals surface area contributed by atoms with E-state index in [1.807, 2.05) is 0 Å². The van der Waals surface area contributed by atoms with E-state index in [0.717, 1.165) is 6.04 Å². The Balaban J connectivity index is 2.11. The van der Waals surface area contributed by atoms with Crippen molar-refractivity contribution in [1.29, 1.82) is 0 Å². The average Bonchev–Trinajstić information content (AvgIpc) is 3.00. The zero-order chi connectivity index (χ0) is 12.3. The van der Waals surface area contributed by atoms with E-state index in [4.69, 9.17) is 4.74 Å². The largest absolute Gasteiger partial charge is 0.391 e. The second-order valence-corrected chi connectivity index (χ2v) is 11.4. The Labute approximate surface area is 104 Å². The van der Waals surface area contributed by atoms with Gasteiger partial charge in [0.15, 0.2) is 0 Å². The summed E-state index contributed by atoms with van der Waals surface area (Å²) in [6.45, 7) is 6.93. The van der Waals surface area contributed by atoms with Crippen LogP contribution in [-0.4, -0.2) is 31.1 Å². The van der Waals surface area contributed by atoms with Gasteiger partial charge in [0, 0.05) is 0 Å². The predicted molar refractivity (Wildman–Crippen MR) is 71.0 cm³/mol. The minimum atomic E-state index is -1.77. The van der Waals surface area contributed by atoms with Crippen molar-refractivity contribution in [3.63, 3.8) is 0 Å². The van der Waals surface area contributed by atoms with Crippen molar-refractivity contribution >= 4 is 13.3 Å². The third kappa shape index (κ3) is 1.46. The average molecular weight is 248 g/mol. The molecule has 0 aromatic heterocycles. The van der Waals surface area contributed by atoms with Gasteiger partial charge in [0.2, 0.25) is 0 Å². The van der Waals surface area contributed by atoms with Crippen LogP contribution in [-0.2, 0) is 4.74 Å². The minimum Gasteiger partial charge on any atom is -0.391 e. The molecular weight excluding hydrogens is 228 g/mol. The van der Waals surface area contributed by atoms with E-state index in [0.29, 0.717) is 5.73 Å². The van der Waals surface area contributed by atoms with Crippen molar-refractivity contribution in [2.45, 2.75) is 49.8 Å². The van der Waals surface area contributed by atoms with E-state index in [9.17, 15) is 5.11 Å².